The highest BCUT2D eigenvalue weighted by molar-refractivity contribution is 6.21. The van der Waals surface area contributed by atoms with E-state index in [4.69, 9.17) is 21.1 Å². The van der Waals surface area contributed by atoms with Gasteiger partial charge in [-0.25, -0.2) is 9.18 Å². The number of ether oxygens (including phenoxy) is 2. The van der Waals surface area contributed by atoms with Gasteiger partial charge in [0.15, 0.2) is 5.78 Å². The summed E-state index contributed by atoms with van der Waals surface area (Å²) in [7, 11) is 2.11. The number of morpholine rings is 1. The number of nitrogens with zero attached hydrogens (tertiary/aromatic N) is 4. The maximum atomic E-state index is 16.3. The summed E-state index contributed by atoms with van der Waals surface area (Å²) >= 11 is 6.60. The quantitative estimate of drug-likeness (QED) is 0.363. The normalized spacial score (nSPS) is 38.1. The van der Waals surface area contributed by atoms with E-state index in [-0.39, 0.29) is 53.3 Å². The summed E-state index contributed by atoms with van der Waals surface area (Å²) in [6, 6.07) is -0.482. The number of ketones is 1. The smallest absolute Gasteiger partial charge is 0.410 e. The lowest BCUT2D eigenvalue weighted by molar-refractivity contribution is -0.212. The SMILES string of the molecule is CN1CCCC1CCNC(=O)C1=CN2C3CCC(Cl)CC3OC3C(N4CCN(C(=O)OC(C)(C)C)CC4)C(F)CC(C1=O)C32. The predicted octanol–water partition coefficient (Wildman–Crippen LogP) is 2.93. The average Bonchev–Trinajstić information content (AvgIpc) is 3.37. The number of hydrogen-bond acceptors (Lipinski definition) is 8. The molecule has 0 aromatic carbocycles. The third kappa shape index (κ3) is 6.35. The van der Waals surface area contributed by atoms with Crippen LogP contribution >= 0.6 is 11.6 Å². The van der Waals surface area contributed by atoms with E-state index in [0.29, 0.717) is 45.2 Å². The zero-order chi connectivity index (χ0) is 31.3. The number of carbonyl (C=O) groups excluding carboxylic acids is 3. The van der Waals surface area contributed by atoms with Gasteiger partial charge in [-0.05, 0) is 79.3 Å². The molecule has 9 unspecified atom stereocenters. The van der Waals surface area contributed by atoms with Gasteiger partial charge >= 0.3 is 6.09 Å². The zero-order valence-electron chi connectivity index (χ0n) is 26.6. The first-order valence-corrected chi connectivity index (χ1v) is 17.0. The van der Waals surface area contributed by atoms with Crippen molar-refractivity contribution in [1.29, 1.82) is 0 Å². The number of hydrogen-bond donors (Lipinski definition) is 1. The molecule has 6 aliphatic rings. The molecule has 2 aliphatic carbocycles. The summed E-state index contributed by atoms with van der Waals surface area (Å²) in [6.45, 7) is 8.93. The Morgan fingerprint density at radius 3 is 2.52 bits per heavy atom. The number of halogens is 2. The third-order valence-electron chi connectivity index (χ3n) is 10.6. The number of nitrogens with one attached hydrogen (secondary N) is 1. The first-order chi connectivity index (χ1) is 20.9. The van der Waals surface area contributed by atoms with Gasteiger partial charge in [0.25, 0.3) is 5.91 Å². The van der Waals surface area contributed by atoms with E-state index >= 15 is 4.39 Å². The van der Waals surface area contributed by atoms with Gasteiger partial charge in [0, 0.05) is 56.3 Å². The fraction of sp³-hybridized carbons (Fsp3) is 0.844. The lowest BCUT2D eigenvalue weighted by Gasteiger charge is -2.60. The lowest BCUT2D eigenvalue weighted by Crippen LogP contribution is -2.74. The van der Waals surface area contributed by atoms with Crippen LogP contribution in [-0.4, -0.2) is 137 Å². The standard InChI is InChI=1S/C32H49ClFN5O5/c1-32(2,3)44-31(42)38-14-12-37(13-15-38)27-23(34)17-21-26-29(27)43-25-16-19(33)7-8-24(25)39(26)18-22(28(21)40)30(41)35-10-9-20-6-5-11-36(20)4/h18-21,23-27,29H,5-17H2,1-4H3,(H,35,41). The minimum Gasteiger partial charge on any atom is -0.444 e. The van der Waals surface area contributed by atoms with Crippen LogP contribution in [0.3, 0.4) is 0 Å². The summed E-state index contributed by atoms with van der Waals surface area (Å²) < 4.78 is 28.6. The molecule has 4 heterocycles. The van der Waals surface area contributed by atoms with Gasteiger partial charge in [0.05, 0.1) is 35.9 Å². The predicted molar refractivity (Wildman–Crippen MR) is 164 cm³/mol. The van der Waals surface area contributed by atoms with Crippen LogP contribution in [0.5, 0.6) is 0 Å². The van der Waals surface area contributed by atoms with Crippen molar-refractivity contribution in [2.24, 2.45) is 5.92 Å². The van der Waals surface area contributed by atoms with Crippen molar-refractivity contribution in [3.8, 4) is 0 Å². The van der Waals surface area contributed by atoms with E-state index in [9.17, 15) is 14.4 Å². The van der Waals surface area contributed by atoms with Crippen LogP contribution < -0.4 is 5.32 Å². The van der Waals surface area contributed by atoms with E-state index < -0.39 is 29.8 Å². The monoisotopic (exact) mass is 637 g/mol. The van der Waals surface area contributed by atoms with Crippen molar-refractivity contribution in [1.82, 2.24) is 24.9 Å². The van der Waals surface area contributed by atoms with Crippen molar-refractivity contribution in [2.75, 3.05) is 46.3 Å². The van der Waals surface area contributed by atoms with Crippen LogP contribution in [0.2, 0.25) is 0 Å². The Hall–Kier alpha value is -1.95. The Morgan fingerprint density at radius 1 is 1.09 bits per heavy atom. The molecule has 2 saturated carbocycles. The van der Waals surface area contributed by atoms with E-state index in [1.807, 2.05) is 20.8 Å². The number of amides is 2. The zero-order valence-corrected chi connectivity index (χ0v) is 27.3. The highest BCUT2D eigenvalue weighted by Crippen LogP contribution is 2.47. The Labute approximate surface area is 265 Å². The maximum absolute atomic E-state index is 16.3. The second kappa shape index (κ2) is 12.7. The van der Waals surface area contributed by atoms with Gasteiger partial charge in [-0.2, -0.15) is 0 Å². The average molecular weight is 638 g/mol. The number of fused-ring (bicyclic) bond motifs is 2. The number of piperazine rings is 1. The Bertz CT molecular complexity index is 1140. The molecule has 5 fully saturated rings. The molecular weight excluding hydrogens is 589 g/mol. The summed E-state index contributed by atoms with van der Waals surface area (Å²) in [5.41, 5.74) is -0.453. The minimum atomic E-state index is -1.31. The minimum absolute atomic E-state index is 0.0161. The number of likely N-dealkylation sites (tertiary alicyclic amines) is 1. The molecule has 10 nitrogen and oxygen atoms in total. The molecule has 3 saturated heterocycles. The molecule has 4 aliphatic heterocycles. The van der Waals surface area contributed by atoms with Crippen molar-refractivity contribution in [3.05, 3.63) is 11.8 Å². The largest absolute Gasteiger partial charge is 0.444 e. The fourth-order valence-electron chi connectivity index (χ4n) is 8.46. The second-order valence-electron chi connectivity index (χ2n) is 14.6. The number of rotatable bonds is 5. The molecule has 44 heavy (non-hydrogen) atoms. The fourth-order valence-corrected chi connectivity index (χ4v) is 8.76. The molecule has 0 radical (unpaired) electrons. The molecule has 6 rings (SSSR count). The number of alkyl halides is 2. The maximum Gasteiger partial charge on any atom is 0.410 e. The first kappa shape index (κ1) is 32.0. The van der Waals surface area contributed by atoms with Crippen molar-refractivity contribution in [3.63, 3.8) is 0 Å². The molecule has 1 N–H and O–H groups in total. The number of Topliss-reactive ketones (excluding diaryl/α,β-unsaturated/α-hetero) is 1. The van der Waals surface area contributed by atoms with E-state index in [2.05, 4.69) is 27.1 Å². The lowest BCUT2D eigenvalue weighted by atomic mass is 9.69. The first-order valence-electron chi connectivity index (χ1n) is 16.6. The van der Waals surface area contributed by atoms with Crippen molar-refractivity contribution >= 4 is 29.4 Å². The molecule has 9 atom stereocenters. The van der Waals surface area contributed by atoms with Gasteiger partial charge in [-0.3, -0.25) is 14.5 Å². The van der Waals surface area contributed by atoms with Crippen LogP contribution in [0.1, 0.15) is 65.7 Å². The highest BCUT2D eigenvalue weighted by Gasteiger charge is 2.60. The molecule has 12 heteroatoms. The Morgan fingerprint density at radius 2 is 1.84 bits per heavy atom. The highest BCUT2D eigenvalue weighted by atomic mass is 35.5. The molecule has 2 amide bonds. The van der Waals surface area contributed by atoms with Crippen LogP contribution in [0.15, 0.2) is 11.8 Å². The van der Waals surface area contributed by atoms with Gasteiger partial charge < -0.3 is 29.5 Å². The summed E-state index contributed by atoms with van der Waals surface area (Å²) in [6.07, 6.45) is 4.75. The van der Waals surface area contributed by atoms with E-state index in [1.54, 1.807) is 11.1 Å². The van der Waals surface area contributed by atoms with Gasteiger partial charge in [0.2, 0.25) is 0 Å². The van der Waals surface area contributed by atoms with Gasteiger partial charge in [-0.1, -0.05) is 0 Å². The summed E-state index contributed by atoms with van der Waals surface area (Å²) in [5.74, 6) is -1.30. The molecule has 0 aromatic rings. The summed E-state index contributed by atoms with van der Waals surface area (Å²) in [4.78, 5) is 48.3. The Balaban J connectivity index is 1.20. The van der Waals surface area contributed by atoms with Crippen LogP contribution in [0, 0.1) is 5.92 Å². The number of carbonyl (C=O) groups is 3. The molecular formula is C32H49ClFN5O5. The van der Waals surface area contributed by atoms with Crippen molar-refractivity contribution in [2.45, 2.75) is 119 Å². The summed E-state index contributed by atoms with van der Waals surface area (Å²) in [5, 5.41) is 2.97. The molecule has 246 valence electrons. The van der Waals surface area contributed by atoms with Crippen LogP contribution in [-0.2, 0) is 19.1 Å². The van der Waals surface area contributed by atoms with Gasteiger partial charge in [-0.15, -0.1) is 11.6 Å². The van der Waals surface area contributed by atoms with Crippen molar-refractivity contribution < 1.29 is 28.2 Å². The van der Waals surface area contributed by atoms with E-state index in [0.717, 1.165) is 38.6 Å². The molecule has 0 aromatic heterocycles. The van der Waals surface area contributed by atoms with Gasteiger partial charge in [0.1, 0.15) is 11.8 Å². The third-order valence-corrected chi connectivity index (χ3v) is 11.0. The van der Waals surface area contributed by atoms with Crippen LogP contribution in [0.25, 0.3) is 0 Å². The topological polar surface area (TPSA) is 94.7 Å². The molecule has 0 spiro atoms. The van der Waals surface area contributed by atoms with E-state index in [1.165, 1.54) is 0 Å². The molecule has 0 bridgehead atoms. The van der Waals surface area contributed by atoms with Crippen LogP contribution in [0.4, 0.5) is 9.18 Å². The Kier molecular flexibility index (Phi) is 9.23. The second-order valence-corrected chi connectivity index (χ2v) is 15.3.